The molecule has 0 atom stereocenters. The number of halogens is 1. The van der Waals surface area contributed by atoms with Gasteiger partial charge in [0.1, 0.15) is 0 Å². The van der Waals surface area contributed by atoms with Gasteiger partial charge >= 0.3 is 0 Å². The molecule has 0 amide bonds. The van der Waals surface area contributed by atoms with Gasteiger partial charge in [-0.2, -0.15) is 0 Å². The summed E-state index contributed by atoms with van der Waals surface area (Å²) < 4.78 is 1.17. The van der Waals surface area contributed by atoms with Gasteiger partial charge in [-0.05, 0) is 35.7 Å². The van der Waals surface area contributed by atoms with Gasteiger partial charge in [-0.3, -0.25) is 4.90 Å². The molecular weight excluding hydrogens is 350 g/mol. The molecule has 0 N–H and O–H groups in total. The van der Waals surface area contributed by atoms with Gasteiger partial charge in [-0.25, -0.2) is 4.98 Å². The van der Waals surface area contributed by atoms with Crippen molar-refractivity contribution in [2.45, 2.75) is 19.9 Å². The second-order valence-electron chi connectivity index (χ2n) is 6.54. The summed E-state index contributed by atoms with van der Waals surface area (Å²) in [6.07, 6.45) is 1.10. The van der Waals surface area contributed by atoms with Gasteiger partial charge in [0.15, 0.2) is 5.13 Å². The molecule has 1 saturated heterocycles. The quantitative estimate of drug-likeness (QED) is 0.654. The number of thiazole rings is 1. The van der Waals surface area contributed by atoms with E-state index in [-0.39, 0.29) is 0 Å². The maximum absolute atomic E-state index is 6.09. The molecule has 3 aromatic rings. The third-order valence-electron chi connectivity index (χ3n) is 4.82. The van der Waals surface area contributed by atoms with Crippen LogP contribution in [0.15, 0.2) is 42.5 Å². The topological polar surface area (TPSA) is 19.4 Å². The number of piperazine rings is 1. The SMILES string of the molecule is CCc1ccc(CN2CCN(c3nc4ccc(Cl)cc4s3)CC2)cc1. The van der Waals surface area contributed by atoms with Crippen LogP contribution in [0.4, 0.5) is 5.13 Å². The number of fused-ring (bicyclic) bond motifs is 1. The highest BCUT2D eigenvalue weighted by Gasteiger charge is 2.20. The summed E-state index contributed by atoms with van der Waals surface area (Å²) in [6.45, 7) is 7.44. The van der Waals surface area contributed by atoms with Crippen LogP contribution in [-0.2, 0) is 13.0 Å². The van der Waals surface area contributed by atoms with Crippen molar-refractivity contribution in [1.82, 2.24) is 9.88 Å². The number of nitrogens with zero attached hydrogens (tertiary/aromatic N) is 3. The van der Waals surface area contributed by atoms with E-state index in [2.05, 4.69) is 41.0 Å². The van der Waals surface area contributed by atoms with Crippen molar-refractivity contribution < 1.29 is 0 Å². The van der Waals surface area contributed by atoms with Crippen molar-refractivity contribution in [2.75, 3.05) is 31.1 Å². The zero-order chi connectivity index (χ0) is 17.2. The molecule has 1 aliphatic heterocycles. The summed E-state index contributed by atoms with van der Waals surface area (Å²) in [7, 11) is 0. The first-order valence-corrected chi connectivity index (χ1v) is 10.0. The Morgan fingerprint density at radius 3 is 2.44 bits per heavy atom. The van der Waals surface area contributed by atoms with E-state index in [4.69, 9.17) is 16.6 Å². The fourth-order valence-corrected chi connectivity index (χ4v) is 4.55. The second kappa shape index (κ2) is 7.32. The molecule has 25 heavy (non-hydrogen) atoms. The Balaban J connectivity index is 1.38. The molecule has 4 rings (SSSR count). The minimum absolute atomic E-state index is 0.779. The lowest BCUT2D eigenvalue weighted by Crippen LogP contribution is -2.45. The Morgan fingerprint density at radius 1 is 1.00 bits per heavy atom. The van der Waals surface area contributed by atoms with Gasteiger partial charge in [-0.15, -0.1) is 0 Å². The van der Waals surface area contributed by atoms with Gasteiger partial charge < -0.3 is 4.90 Å². The summed E-state index contributed by atoms with van der Waals surface area (Å²) in [6, 6.07) is 15.0. The normalized spacial score (nSPS) is 15.8. The Bertz CT molecular complexity index is 851. The highest BCUT2D eigenvalue weighted by atomic mass is 35.5. The minimum Gasteiger partial charge on any atom is -0.345 e. The number of rotatable bonds is 4. The third-order valence-corrected chi connectivity index (χ3v) is 6.13. The van der Waals surface area contributed by atoms with Gasteiger partial charge in [0.2, 0.25) is 0 Å². The van der Waals surface area contributed by atoms with E-state index in [1.54, 1.807) is 11.3 Å². The Labute approximate surface area is 157 Å². The summed E-state index contributed by atoms with van der Waals surface area (Å²) >= 11 is 7.83. The Morgan fingerprint density at radius 2 is 1.72 bits per heavy atom. The van der Waals surface area contributed by atoms with E-state index in [0.29, 0.717) is 0 Å². The molecule has 2 aromatic carbocycles. The molecule has 0 unspecified atom stereocenters. The monoisotopic (exact) mass is 371 g/mol. The van der Waals surface area contributed by atoms with Crippen LogP contribution in [0.25, 0.3) is 10.2 Å². The molecule has 1 aromatic heterocycles. The fourth-order valence-electron chi connectivity index (χ4n) is 3.26. The highest BCUT2D eigenvalue weighted by Crippen LogP contribution is 2.31. The molecule has 0 aliphatic carbocycles. The summed E-state index contributed by atoms with van der Waals surface area (Å²) in [5, 5.41) is 1.89. The van der Waals surface area contributed by atoms with Crippen molar-refractivity contribution in [3.63, 3.8) is 0 Å². The van der Waals surface area contributed by atoms with Gasteiger partial charge in [0.25, 0.3) is 0 Å². The van der Waals surface area contributed by atoms with E-state index in [1.807, 2.05) is 18.2 Å². The van der Waals surface area contributed by atoms with Crippen LogP contribution in [0, 0.1) is 0 Å². The molecule has 1 fully saturated rings. The predicted octanol–water partition coefficient (Wildman–Crippen LogP) is 4.83. The molecule has 0 bridgehead atoms. The first-order valence-electron chi connectivity index (χ1n) is 8.82. The predicted molar refractivity (Wildman–Crippen MR) is 108 cm³/mol. The van der Waals surface area contributed by atoms with Crippen LogP contribution in [0.2, 0.25) is 5.02 Å². The molecule has 3 nitrogen and oxygen atoms in total. The average Bonchev–Trinajstić information content (AvgIpc) is 3.06. The zero-order valence-electron chi connectivity index (χ0n) is 14.4. The molecular formula is C20H22ClN3S. The number of aryl methyl sites for hydroxylation is 1. The number of hydrogen-bond acceptors (Lipinski definition) is 4. The van der Waals surface area contributed by atoms with Gasteiger partial charge in [0, 0.05) is 37.7 Å². The number of benzene rings is 2. The minimum atomic E-state index is 0.779. The van der Waals surface area contributed by atoms with Crippen molar-refractivity contribution >= 4 is 38.3 Å². The standard InChI is InChI=1S/C20H22ClN3S/c1-2-15-3-5-16(6-4-15)14-23-9-11-24(12-10-23)20-22-18-8-7-17(21)13-19(18)25-20/h3-8,13H,2,9-12,14H2,1H3. The summed E-state index contributed by atoms with van der Waals surface area (Å²) in [5.41, 5.74) is 3.85. The molecule has 5 heteroatoms. The van der Waals surface area contributed by atoms with Crippen LogP contribution >= 0.6 is 22.9 Å². The molecule has 0 spiro atoms. The fraction of sp³-hybridized carbons (Fsp3) is 0.350. The first-order chi connectivity index (χ1) is 12.2. The lowest BCUT2D eigenvalue weighted by Gasteiger charge is -2.34. The molecule has 130 valence electrons. The molecule has 2 heterocycles. The van der Waals surface area contributed by atoms with E-state index in [0.717, 1.165) is 54.8 Å². The number of anilines is 1. The van der Waals surface area contributed by atoms with Crippen LogP contribution in [0.3, 0.4) is 0 Å². The van der Waals surface area contributed by atoms with Crippen LogP contribution < -0.4 is 4.90 Å². The van der Waals surface area contributed by atoms with Gasteiger partial charge in [0.05, 0.1) is 10.2 Å². The second-order valence-corrected chi connectivity index (χ2v) is 7.99. The summed E-state index contributed by atoms with van der Waals surface area (Å²) in [4.78, 5) is 9.70. The largest absolute Gasteiger partial charge is 0.345 e. The lowest BCUT2D eigenvalue weighted by atomic mass is 10.1. The number of hydrogen-bond donors (Lipinski definition) is 0. The Kier molecular flexibility index (Phi) is 4.93. The molecule has 0 radical (unpaired) electrons. The van der Waals surface area contributed by atoms with E-state index in [9.17, 15) is 0 Å². The lowest BCUT2D eigenvalue weighted by molar-refractivity contribution is 0.250. The van der Waals surface area contributed by atoms with Gasteiger partial charge in [-0.1, -0.05) is 54.1 Å². The van der Waals surface area contributed by atoms with Crippen molar-refractivity contribution in [3.8, 4) is 0 Å². The molecule has 0 saturated carbocycles. The van der Waals surface area contributed by atoms with Crippen molar-refractivity contribution in [2.24, 2.45) is 0 Å². The Hall–Kier alpha value is -1.62. The average molecular weight is 372 g/mol. The summed E-state index contributed by atoms with van der Waals surface area (Å²) in [5.74, 6) is 0. The third kappa shape index (κ3) is 3.81. The van der Waals surface area contributed by atoms with Crippen molar-refractivity contribution in [1.29, 1.82) is 0 Å². The van der Waals surface area contributed by atoms with Crippen LogP contribution in [-0.4, -0.2) is 36.1 Å². The number of aromatic nitrogens is 1. The van der Waals surface area contributed by atoms with E-state index >= 15 is 0 Å². The van der Waals surface area contributed by atoms with E-state index < -0.39 is 0 Å². The van der Waals surface area contributed by atoms with E-state index in [1.165, 1.54) is 15.8 Å². The maximum atomic E-state index is 6.09. The van der Waals surface area contributed by atoms with Crippen LogP contribution in [0.1, 0.15) is 18.1 Å². The van der Waals surface area contributed by atoms with Crippen LogP contribution in [0.5, 0.6) is 0 Å². The zero-order valence-corrected chi connectivity index (χ0v) is 16.0. The maximum Gasteiger partial charge on any atom is 0.186 e. The first kappa shape index (κ1) is 16.8. The smallest absolute Gasteiger partial charge is 0.186 e. The van der Waals surface area contributed by atoms with Crippen molar-refractivity contribution in [3.05, 3.63) is 58.6 Å². The highest BCUT2D eigenvalue weighted by molar-refractivity contribution is 7.22. The molecule has 1 aliphatic rings.